The Morgan fingerprint density at radius 3 is 2.13 bits per heavy atom. The normalized spacial score (nSPS) is 14.9. The topological polar surface area (TPSA) is 87.7 Å². The second-order valence-electron chi connectivity index (χ2n) is 7.82. The maximum Gasteiger partial charge on any atom is 0.340 e. The Labute approximate surface area is 218 Å². The zero-order valence-corrected chi connectivity index (χ0v) is 24.1. The number of esters is 1. The van der Waals surface area contributed by atoms with Crippen LogP contribution in [0.25, 0.3) is 0 Å². The van der Waals surface area contributed by atoms with Crippen LogP contribution in [0.5, 0.6) is 0 Å². The van der Waals surface area contributed by atoms with Crippen molar-refractivity contribution in [3.05, 3.63) is 16.3 Å². The van der Waals surface area contributed by atoms with Gasteiger partial charge in [0.2, 0.25) is 11.8 Å². The number of hydrogen-bond donors (Lipinski definition) is 2. The van der Waals surface area contributed by atoms with E-state index in [0.29, 0.717) is 27.6 Å². The van der Waals surface area contributed by atoms with Crippen LogP contribution in [0.3, 0.4) is 0 Å². The SMILES string of the molecule is CC(=O)Nc1c(I)c(C(=O)OC(C)(C)C2CCNCC2)c(I)c(N(C)C(C)=O)c1I. The number of hydrogen-bond acceptors (Lipinski definition) is 5. The largest absolute Gasteiger partial charge is 0.456 e. The van der Waals surface area contributed by atoms with Crippen LogP contribution in [-0.2, 0) is 14.3 Å². The average Bonchev–Trinajstić information content (AvgIpc) is 2.65. The van der Waals surface area contributed by atoms with Gasteiger partial charge < -0.3 is 20.3 Å². The summed E-state index contributed by atoms with van der Waals surface area (Å²) in [6, 6.07) is 0. The van der Waals surface area contributed by atoms with Gasteiger partial charge in [-0.15, -0.1) is 0 Å². The molecule has 0 saturated carbocycles. The summed E-state index contributed by atoms with van der Waals surface area (Å²) in [5.41, 5.74) is 0.832. The minimum atomic E-state index is -0.630. The van der Waals surface area contributed by atoms with Crippen molar-refractivity contribution in [3.63, 3.8) is 0 Å². The van der Waals surface area contributed by atoms with E-state index in [4.69, 9.17) is 4.74 Å². The number of benzene rings is 1. The minimum absolute atomic E-state index is 0.171. The summed E-state index contributed by atoms with van der Waals surface area (Å²) >= 11 is 6.25. The minimum Gasteiger partial charge on any atom is -0.456 e. The highest BCUT2D eigenvalue weighted by Gasteiger charge is 2.37. The lowest BCUT2D eigenvalue weighted by atomic mass is 9.83. The summed E-state index contributed by atoms with van der Waals surface area (Å²) in [4.78, 5) is 38.8. The van der Waals surface area contributed by atoms with Gasteiger partial charge in [-0.25, -0.2) is 4.79 Å². The average molecular weight is 753 g/mol. The molecule has 166 valence electrons. The molecule has 0 unspecified atom stereocenters. The van der Waals surface area contributed by atoms with E-state index < -0.39 is 11.6 Å². The molecule has 7 nitrogen and oxygen atoms in total. The molecular formula is C20H26I3N3O4. The molecule has 2 amide bonds. The third-order valence-corrected chi connectivity index (χ3v) is 8.46. The molecule has 2 N–H and O–H groups in total. The smallest absolute Gasteiger partial charge is 0.340 e. The highest BCUT2D eigenvalue weighted by Crippen LogP contribution is 2.41. The van der Waals surface area contributed by atoms with Crippen LogP contribution in [0.2, 0.25) is 0 Å². The van der Waals surface area contributed by atoms with Gasteiger partial charge in [-0.2, -0.15) is 0 Å². The number of carbonyl (C=O) groups is 3. The summed E-state index contributed by atoms with van der Waals surface area (Å²) in [7, 11) is 1.65. The van der Waals surface area contributed by atoms with Crippen LogP contribution < -0.4 is 15.5 Å². The third-order valence-electron chi connectivity index (χ3n) is 5.28. The fraction of sp³-hybridized carbons (Fsp3) is 0.550. The van der Waals surface area contributed by atoms with Crippen LogP contribution in [0.15, 0.2) is 0 Å². The first-order valence-electron chi connectivity index (χ1n) is 9.54. The van der Waals surface area contributed by atoms with Crippen molar-refractivity contribution in [2.75, 3.05) is 30.4 Å². The number of rotatable bonds is 5. The molecule has 1 fully saturated rings. The van der Waals surface area contributed by atoms with Gasteiger partial charge in [0, 0.05) is 26.8 Å². The zero-order valence-electron chi connectivity index (χ0n) is 17.6. The first kappa shape index (κ1) is 26.0. The van der Waals surface area contributed by atoms with Gasteiger partial charge in [-0.3, -0.25) is 9.59 Å². The van der Waals surface area contributed by atoms with Gasteiger partial charge >= 0.3 is 5.97 Å². The highest BCUT2D eigenvalue weighted by atomic mass is 127. The van der Waals surface area contributed by atoms with E-state index in [1.807, 2.05) is 13.8 Å². The second-order valence-corrected chi connectivity index (χ2v) is 11.1. The van der Waals surface area contributed by atoms with Gasteiger partial charge in [0.05, 0.1) is 27.6 Å². The van der Waals surface area contributed by atoms with Crippen molar-refractivity contribution in [1.29, 1.82) is 0 Å². The molecule has 1 aliphatic rings. The number of carbonyl (C=O) groups excluding carboxylic acids is 3. The molecule has 1 aliphatic heterocycles. The molecule has 0 aromatic heterocycles. The molecule has 30 heavy (non-hydrogen) atoms. The number of nitrogens with zero attached hydrogens (tertiary/aromatic N) is 1. The highest BCUT2D eigenvalue weighted by molar-refractivity contribution is 14.1. The Morgan fingerprint density at radius 1 is 1.07 bits per heavy atom. The predicted octanol–water partition coefficient (Wildman–Crippen LogP) is 4.38. The Balaban J connectivity index is 2.56. The third kappa shape index (κ3) is 5.77. The number of ether oxygens (including phenoxy) is 1. The van der Waals surface area contributed by atoms with Crippen LogP contribution in [0.4, 0.5) is 11.4 Å². The number of anilines is 2. The molecule has 1 saturated heterocycles. The predicted molar refractivity (Wildman–Crippen MR) is 143 cm³/mol. The fourth-order valence-electron chi connectivity index (χ4n) is 3.46. The van der Waals surface area contributed by atoms with Crippen LogP contribution in [0, 0.1) is 16.6 Å². The summed E-state index contributed by atoms with van der Waals surface area (Å²) in [6.45, 7) is 8.58. The Morgan fingerprint density at radius 2 is 1.63 bits per heavy atom. The van der Waals surface area contributed by atoms with Crippen LogP contribution in [-0.4, -0.2) is 43.5 Å². The Bertz CT molecular complexity index is 868. The number of halogens is 3. The second kappa shape index (κ2) is 10.6. The lowest BCUT2D eigenvalue weighted by Gasteiger charge is -2.37. The first-order chi connectivity index (χ1) is 13.9. The van der Waals surface area contributed by atoms with Crippen molar-refractivity contribution in [2.24, 2.45) is 5.92 Å². The van der Waals surface area contributed by atoms with E-state index in [-0.39, 0.29) is 17.7 Å². The Kier molecular flexibility index (Phi) is 9.20. The van der Waals surface area contributed by atoms with Gasteiger partial charge in [0.15, 0.2) is 0 Å². The number of piperidine rings is 1. The summed E-state index contributed by atoms with van der Waals surface area (Å²) in [6.07, 6.45) is 1.88. The monoisotopic (exact) mass is 753 g/mol. The van der Waals surface area contributed by atoms with E-state index in [2.05, 4.69) is 78.4 Å². The van der Waals surface area contributed by atoms with Crippen molar-refractivity contribution < 1.29 is 19.1 Å². The van der Waals surface area contributed by atoms with Gasteiger partial charge in [0.25, 0.3) is 0 Å². The summed E-state index contributed by atoms with van der Waals surface area (Å²) in [5.74, 6) is -0.613. The maximum absolute atomic E-state index is 13.4. The standard InChI is InChI=1S/C20H26I3N3O4/c1-10(27)25-17-14(21)13(15(22)18(16(17)23)26(5)11(2)28)19(29)30-20(3,4)12-6-8-24-9-7-12/h12,24H,6-9H2,1-5H3,(H,25,27). The van der Waals surface area contributed by atoms with E-state index >= 15 is 0 Å². The summed E-state index contributed by atoms with van der Waals surface area (Å²) < 4.78 is 7.95. The van der Waals surface area contributed by atoms with Gasteiger partial charge in [0.1, 0.15) is 5.60 Å². The Hall–Kier alpha value is -0.220. The number of nitrogens with one attached hydrogen (secondary N) is 2. The lowest BCUT2D eigenvalue weighted by molar-refractivity contribution is -0.116. The first-order valence-corrected chi connectivity index (χ1v) is 12.8. The fourth-order valence-corrected chi connectivity index (χ4v) is 8.06. The van der Waals surface area contributed by atoms with Crippen molar-refractivity contribution >= 4 is 96.9 Å². The van der Waals surface area contributed by atoms with E-state index in [9.17, 15) is 14.4 Å². The quantitative estimate of drug-likeness (QED) is 0.345. The van der Waals surface area contributed by atoms with Crippen molar-refractivity contribution in [1.82, 2.24) is 5.32 Å². The van der Waals surface area contributed by atoms with Crippen LogP contribution in [0.1, 0.15) is 50.9 Å². The summed E-state index contributed by atoms with van der Waals surface area (Å²) in [5, 5.41) is 6.14. The zero-order chi connectivity index (χ0) is 22.8. The molecule has 1 aromatic carbocycles. The molecule has 0 bridgehead atoms. The molecule has 0 spiro atoms. The number of amides is 2. The van der Waals surface area contributed by atoms with Crippen molar-refractivity contribution in [2.45, 2.75) is 46.1 Å². The van der Waals surface area contributed by atoms with Gasteiger partial charge in [-0.05, 0) is 108 Å². The van der Waals surface area contributed by atoms with Crippen molar-refractivity contribution in [3.8, 4) is 0 Å². The molecule has 0 aliphatic carbocycles. The molecule has 0 atom stereocenters. The van der Waals surface area contributed by atoms with E-state index in [1.54, 1.807) is 7.05 Å². The molecular weight excluding hydrogens is 727 g/mol. The van der Waals surface area contributed by atoms with E-state index in [0.717, 1.165) is 25.9 Å². The molecule has 10 heteroatoms. The molecule has 1 aromatic rings. The molecule has 1 heterocycles. The van der Waals surface area contributed by atoms with Crippen LogP contribution >= 0.6 is 67.8 Å². The maximum atomic E-state index is 13.4. The molecule has 0 radical (unpaired) electrons. The van der Waals surface area contributed by atoms with Gasteiger partial charge in [-0.1, -0.05) is 0 Å². The van der Waals surface area contributed by atoms with E-state index in [1.165, 1.54) is 18.7 Å². The molecule has 2 rings (SSSR count). The lowest BCUT2D eigenvalue weighted by Crippen LogP contribution is -2.43.